The molecular weight excluding hydrogens is 264 g/mol. The maximum Gasteiger partial charge on any atom is 0.337 e. The van der Waals surface area contributed by atoms with E-state index in [0.717, 1.165) is 0 Å². The zero-order chi connectivity index (χ0) is 11.7. The Labute approximate surface area is 95.3 Å². The molecule has 0 fully saturated rings. The number of aliphatic hydroxyl groups is 1. The fourth-order valence-electron chi connectivity index (χ4n) is 1.50. The predicted molar refractivity (Wildman–Crippen MR) is 57.9 cm³/mol. The highest BCUT2D eigenvalue weighted by Gasteiger charge is 2.22. The topological polar surface area (TPSA) is 77.8 Å². The van der Waals surface area contributed by atoms with Crippen LogP contribution in [0.3, 0.4) is 0 Å². The summed E-state index contributed by atoms with van der Waals surface area (Å²) < 4.78 is 0.406. The molecule has 0 aliphatic heterocycles. The standard InChI is InChI=1S/C10H11BrO4/c1-4-3-6(12)8(11)5(2)7(4)9(13)10(14)15/h3,9,12-13H,1-2H3,(H,14,15). The lowest BCUT2D eigenvalue weighted by Crippen LogP contribution is -2.13. The number of carboxylic acids is 1. The van der Waals surface area contributed by atoms with Crippen LogP contribution in [0.25, 0.3) is 0 Å². The minimum atomic E-state index is -1.57. The largest absolute Gasteiger partial charge is 0.507 e. The highest BCUT2D eigenvalue weighted by molar-refractivity contribution is 9.10. The van der Waals surface area contributed by atoms with Crippen molar-refractivity contribution in [2.45, 2.75) is 20.0 Å². The van der Waals surface area contributed by atoms with Gasteiger partial charge in [0.2, 0.25) is 0 Å². The molecule has 0 saturated carbocycles. The second-order valence-corrected chi connectivity index (χ2v) is 4.10. The van der Waals surface area contributed by atoms with Gasteiger partial charge in [0.15, 0.2) is 6.10 Å². The maximum atomic E-state index is 10.7. The number of benzene rings is 1. The zero-order valence-corrected chi connectivity index (χ0v) is 9.87. The van der Waals surface area contributed by atoms with E-state index in [9.17, 15) is 15.0 Å². The molecule has 0 amide bonds. The summed E-state index contributed by atoms with van der Waals surface area (Å²) >= 11 is 3.13. The molecule has 1 atom stereocenters. The molecule has 0 bridgehead atoms. The Kier molecular flexibility index (Phi) is 3.36. The van der Waals surface area contributed by atoms with E-state index >= 15 is 0 Å². The first-order valence-electron chi connectivity index (χ1n) is 4.25. The number of hydrogen-bond donors (Lipinski definition) is 3. The Bertz CT molecular complexity index is 414. The number of phenolic OH excluding ortho intramolecular Hbond substituents is 1. The van der Waals surface area contributed by atoms with Gasteiger partial charge in [-0.25, -0.2) is 4.79 Å². The van der Waals surface area contributed by atoms with Gasteiger partial charge >= 0.3 is 5.97 Å². The fraction of sp³-hybridized carbons (Fsp3) is 0.300. The summed E-state index contributed by atoms with van der Waals surface area (Å²) in [4.78, 5) is 10.7. The Morgan fingerprint density at radius 2 is 2.00 bits per heavy atom. The molecule has 1 aromatic carbocycles. The summed E-state index contributed by atoms with van der Waals surface area (Å²) in [6, 6.07) is 1.42. The van der Waals surface area contributed by atoms with Crippen LogP contribution in [0.1, 0.15) is 22.8 Å². The molecule has 15 heavy (non-hydrogen) atoms. The van der Waals surface area contributed by atoms with Crippen LogP contribution >= 0.6 is 15.9 Å². The molecule has 0 saturated heterocycles. The van der Waals surface area contributed by atoms with Crippen LogP contribution in [0.4, 0.5) is 0 Å². The second kappa shape index (κ2) is 4.20. The van der Waals surface area contributed by atoms with Crippen molar-refractivity contribution in [2.24, 2.45) is 0 Å². The molecule has 0 heterocycles. The molecule has 4 nitrogen and oxygen atoms in total. The molecule has 1 unspecified atom stereocenters. The normalized spacial score (nSPS) is 12.5. The number of phenols is 1. The number of rotatable bonds is 2. The third kappa shape index (κ3) is 2.13. The molecule has 3 N–H and O–H groups in total. The van der Waals surface area contributed by atoms with Gasteiger partial charge < -0.3 is 15.3 Å². The van der Waals surface area contributed by atoms with Crippen LogP contribution in [0.15, 0.2) is 10.5 Å². The SMILES string of the molecule is Cc1cc(O)c(Br)c(C)c1C(O)C(=O)O. The summed E-state index contributed by atoms with van der Waals surface area (Å²) in [5, 5.41) is 27.6. The summed E-state index contributed by atoms with van der Waals surface area (Å²) in [7, 11) is 0. The summed E-state index contributed by atoms with van der Waals surface area (Å²) in [6.07, 6.45) is -1.57. The molecule has 0 aromatic heterocycles. The van der Waals surface area contributed by atoms with Crippen LogP contribution in [0.5, 0.6) is 5.75 Å². The van der Waals surface area contributed by atoms with E-state index in [4.69, 9.17) is 5.11 Å². The number of aliphatic hydroxyl groups excluding tert-OH is 1. The van der Waals surface area contributed by atoms with Crippen molar-refractivity contribution in [3.63, 3.8) is 0 Å². The van der Waals surface area contributed by atoms with E-state index in [1.807, 2.05) is 0 Å². The monoisotopic (exact) mass is 274 g/mol. The van der Waals surface area contributed by atoms with E-state index in [0.29, 0.717) is 21.2 Å². The molecule has 0 spiro atoms. The Morgan fingerprint density at radius 3 is 2.47 bits per heavy atom. The lowest BCUT2D eigenvalue weighted by molar-refractivity contribution is -0.147. The van der Waals surface area contributed by atoms with E-state index < -0.39 is 12.1 Å². The van der Waals surface area contributed by atoms with Crippen molar-refractivity contribution in [1.29, 1.82) is 0 Å². The van der Waals surface area contributed by atoms with Crippen LogP contribution in [0.2, 0.25) is 0 Å². The zero-order valence-electron chi connectivity index (χ0n) is 8.28. The van der Waals surface area contributed by atoms with Crippen molar-refractivity contribution in [3.05, 3.63) is 27.2 Å². The summed E-state index contributed by atoms with van der Waals surface area (Å²) in [5.41, 5.74) is 1.39. The Morgan fingerprint density at radius 1 is 1.47 bits per heavy atom. The van der Waals surface area contributed by atoms with Gasteiger partial charge in [0, 0.05) is 0 Å². The van der Waals surface area contributed by atoms with Crippen molar-refractivity contribution < 1.29 is 20.1 Å². The second-order valence-electron chi connectivity index (χ2n) is 3.31. The van der Waals surface area contributed by atoms with Crippen LogP contribution in [-0.4, -0.2) is 21.3 Å². The first kappa shape index (κ1) is 12.0. The van der Waals surface area contributed by atoms with Crippen LogP contribution in [0, 0.1) is 13.8 Å². The molecular formula is C10H11BrO4. The third-order valence-corrected chi connectivity index (χ3v) is 3.24. The molecule has 0 aliphatic rings. The number of carbonyl (C=O) groups is 1. The van der Waals surface area contributed by atoms with Gasteiger partial charge in [-0.05, 0) is 52.5 Å². The van der Waals surface area contributed by atoms with E-state index in [2.05, 4.69) is 15.9 Å². The minimum Gasteiger partial charge on any atom is -0.507 e. The van der Waals surface area contributed by atoms with Gasteiger partial charge in [0.05, 0.1) is 4.47 Å². The molecule has 1 aromatic rings. The number of aromatic hydroxyl groups is 1. The van der Waals surface area contributed by atoms with Crippen molar-refractivity contribution in [3.8, 4) is 5.75 Å². The van der Waals surface area contributed by atoms with Crippen LogP contribution < -0.4 is 0 Å². The first-order chi connectivity index (χ1) is 6.86. The highest BCUT2D eigenvalue weighted by Crippen LogP contribution is 2.35. The van der Waals surface area contributed by atoms with Crippen molar-refractivity contribution >= 4 is 21.9 Å². The average Bonchev–Trinajstić information content (AvgIpc) is 2.14. The molecule has 0 aliphatic carbocycles. The lowest BCUT2D eigenvalue weighted by atomic mass is 9.97. The Hall–Kier alpha value is -1.07. The van der Waals surface area contributed by atoms with E-state index in [1.165, 1.54) is 6.07 Å². The number of aryl methyl sites for hydroxylation is 1. The number of halogens is 1. The smallest absolute Gasteiger partial charge is 0.337 e. The van der Waals surface area contributed by atoms with Gasteiger partial charge in [-0.1, -0.05) is 0 Å². The maximum absolute atomic E-state index is 10.7. The van der Waals surface area contributed by atoms with E-state index in [-0.39, 0.29) is 5.75 Å². The minimum absolute atomic E-state index is 0.0336. The van der Waals surface area contributed by atoms with Gasteiger partial charge in [-0.15, -0.1) is 0 Å². The van der Waals surface area contributed by atoms with Gasteiger partial charge in [-0.2, -0.15) is 0 Å². The third-order valence-electron chi connectivity index (χ3n) is 2.24. The molecule has 5 heteroatoms. The van der Waals surface area contributed by atoms with Gasteiger partial charge in [-0.3, -0.25) is 0 Å². The summed E-state index contributed by atoms with van der Waals surface area (Å²) in [6.45, 7) is 3.28. The van der Waals surface area contributed by atoms with Gasteiger partial charge in [0.1, 0.15) is 5.75 Å². The van der Waals surface area contributed by atoms with Gasteiger partial charge in [0.25, 0.3) is 0 Å². The van der Waals surface area contributed by atoms with Crippen molar-refractivity contribution in [2.75, 3.05) is 0 Å². The lowest BCUT2D eigenvalue weighted by Gasteiger charge is -2.15. The number of aliphatic carboxylic acids is 1. The Balaban J connectivity index is 3.42. The number of hydrogen-bond acceptors (Lipinski definition) is 3. The average molecular weight is 275 g/mol. The molecule has 0 radical (unpaired) electrons. The molecule has 1 rings (SSSR count). The predicted octanol–water partition coefficient (Wildman–Crippen LogP) is 1.89. The van der Waals surface area contributed by atoms with Crippen LogP contribution in [-0.2, 0) is 4.79 Å². The first-order valence-corrected chi connectivity index (χ1v) is 5.05. The van der Waals surface area contributed by atoms with E-state index in [1.54, 1.807) is 13.8 Å². The summed E-state index contributed by atoms with van der Waals surface area (Å²) in [5.74, 6) is -1.27. The fourth-order valence-corrected chi connectivity index (χ4v) is 1.82. The highest BCUT2D eigenvalue weighted by atomic mass is 79.9. The number of carboxylic acid groups (broad SMARTS) is 1. The molecule has 82 valence electrons. The quantitative estimate of drug-likeness (QED) is 0.770. The van der Waals surface area contributed by atoms with Crippen molar-refractivity contribution in [1.82, 2.24) is 0 Å².